The Hall–Kier alpha value is -4.67. The normalized spacial score (nSPS) is 12.6. The highest BCUT2D eigenvalue weighted by molar-refractivity contribution is 6.23. The van der Waals surface area contributed by atoms with Crippen LogP contribution in [0.3, 0.4) is 0 Å². The van der Waals surface area contributed by atoms with Crippen LogP contribution in [0.15, 0.2) is 48.5 Å². The second-order valence-corrected chi connectivity index (χ2v) is 8.15. The Morgan fingerprint density at radius 3 is 2.42 bits per heavy atom. The first-order chi connectivity index (χ1) is 17.1. The van der Waals surface area contributed by atoms with E-state index in [1.54, 1.807) is 36.6 Å². The van der Waals surface area contributed by atoms with Gasteiger partial charge in [-0.15, -0.1) is 0 Å². The molecule has 4 rings (SSSR count). The fraction of sp³-hybridized carbons (Fsp3) is 0.200. The molecule has 0 saturated heterocycles. The Balaban J connectivity index is 1.37. The van der Waals surface area contributed by atoms with Gasteiger partial charge in [0.1, 0.15) is 11.4 Å². The number of nitro groups is 1. The van der Waals surface area contributed by atoms with Crippen LogP contribution in [0, 0.1) is 29.8 Å². The lowest BCUT2D eigenvalue weighted by Gasteiger charge is -2.13. The van der Waals surface area contributed by atoms with Crippen molar-refractivity contribution in [2.45, 2.75) is 20.3 Å². The van der Waals surface area contributed by atoms with Crippen molar-refractivity contribution in [1.82, 2.24) is 9.47 Å². The molecule has 0 N–H and O–H groups in total. The Bertz CT molecular complexity index is 1430. The van der Waals surface area contributed by atoms with E-state index in [4.69, 9.17) is 4.74 Å². The number of carbonyl (C=O) groups excluding carboxylic acids is 4. The third-order valence-electron chi connectivity index (χ3n) is 5.89. The average Bonchev–Trinajstić information content (AvgIpc) is 3.28. The number of hydrogen-bond donors (Lipinski definition) is 0. The quantitative estimate of drug-likeness (QED) is 0.154. The molecule has 0 unspecified atom stereocenters. The number of hydrogen-bond acceptors (Lipinski definition) is 7. The van der Waals surface area contributed by atoms with Gasteiger partial charge in [-0.2, -0.15) is 0 Å². The number of fused-ring (bicyclic) bond motifs is 1. The van der Waals surface area contributed by atoms with Crippen LogP contribution in [0.4, 0.5) is 10.1 Å². The highest BCUT2D eigenvalue weighted by Gasteiger charge is 2.40. The van der Waals surface area contributed by atoms with Gasteiger partial charge in [0.25, 0.3) is 17.5 Å². The molecule has 10 nitrogen and oxygen atoms in total. The number of aromatic nitrogens is 1. The maximum Gasteiger partial charge on any atom is 0.308 e. The van der Waals surface area contributed by atoms with Gasteiger partial charge < -0.3 is 9.30 Å². The van der Waals surface area contributed by atoms with Crippen molar-refractivity contribution in [3.05, 3.63) is 92.5 Å². The van der Waals surface area contributed by atoms with Crippen LogP contribution in [0.5, 0.6) is 0 Å². The molecule has 0 fully saturated rings. The summed E-state index contributed by atoms with van der Waals surface area (Å²) >= 11 is 0. The molecule has 2 amide bonds. The molecule has 0 bridgehead atoms. The van der Waals surface area contributed by atoms with Crippen molar-refractivity contribution in [2.75, 3.05) is 13.2 Å². The highest BCUT2D eigenvalue weighted by atomic mass is 19.1. The molecule has 2 heterocycles. The summed E-state index contributed by atoms with van der Waals surface area (Å²) < 4.78 is 20.1. The number of nitro benzene ring substituents is 1. The number of ketones is 1. The van der Waals surface area contributed by atoms with Gasteiger partial charge in [-0.3, -0.25) is 34.2 Å². The Labute approximate surface area is 204 Å². The molecular formula is C25H20FN3O7. The van der Waals surface area contributed by atoms with Gasteiger partial charge in [0.05, 0.1) is 16.9 Å². The molecular weight excluding hydrogens is 473 g/mol. The van der Waals surface area contributed by atoms with Crippen LogP contribution in [-0.4, -0.2) is 51.1 Å². The molecule has 3 aromatic rings. The minimum Gasteiger partial charge on any atom is -0.457 e. The van der Waals surface area contributed by atoms with E-state index >= 15 is 0 Å². The van der Waals surface area contributed by atoms with Gasteiger partial charge in [0, 0.05) is 35.2 Å². The number of benzene rings is 2. The first kappa shape index (κ1) is 24.5. The van der Waals surface area contributed by atoms with E-state index in [1.165, 1.54) is 24.3 Å². The molecule has 36 heavy (non-hydrogen) atoms. The molecule has 0 aliphatic carbocycles. The Morgan fingerprint density at radius 2 is 1.75 bits per heavy atom. The van der Waals surface area contributed by atoms with Crippen LogP contribution in [0.1, 0.15) is 48.9 Å². The second kappa shape index (κ2) is 9.53. The lowest BCUT2D eigenvalue weighted by atomic mass is 10.1. The summed E-state index contributed by atoms with van der Waals surface area (Å²) in [5.74, 6) is -3.26. The van der Waals surface area contributed by atoms with Crippen molar-refractivity contribution in [1.29, 1.82) is 0 Å². The summed E-state index contributed by atoms with van der Waals surface area (Å²) in [5.41, 5.74) is 1.42. The van der Waals surface area contributed by atoms with Crippen molar-refractivity contribution in [3.8, 4) is 5.69 Å². The Morgan fingerprint density at radius 1 is 1.06 bits per heavy atom. The smallest absolute Gasteiger partial charge is 0.308 e. The molecule has 2 aromatic carbocycles. The van der Waals surface area contributed by atoms with Gasteiger partial charge in [-0.05, 0) is 50.2 Å². The summed E-state index contributed by atoms with van der Waals surface area (Å²) in [7, 11) is 0. The van der Waals surface area contributed by atoms with Gasteiger partial charge in [0.15, 0.2) is 6.61 Å². The highest BCUT2D eigenvalue weighted by Crippen LogP contribution is 2.30. The van der Waals surface area contributed by atoms with Crippen molar-refractivity contribution < 1.29 is 33.2 Å². The molecule has 0 spiro atoms. The molecule has 1 aliphatic rings. The van der Waals surface area contributed by atoms with E-state index in [-0.39, 0.29) is 29.9 Å². The number of carbonyl (C=O) groups is 4. The SMILES string of the molecule is Cc1cc(C(=O)COC(=O)CCN2C(=O)c3cccc([N+](=O)[O-])c3C2=O)c(C)n1-c1ccc(F)cc1. The van der Waals surface area contributed by atoms with Gasteiger partial charge in [-0.25, -0.2) is 4.39 Å². The molecule has 0 saturated carbocycles. The zero-order chi connectivity index (χ0) is 26.1. The number of imide groups is 1. The third-order valence-corrected chi connectivity index (χ3v) is 5.89. The van der Waals surface area contributed by atoms with E-state index in [0.717, 1.165) is 16.7 Å². The standard InChI is InChI=1S/C25H20FN3O7/c1-14-12-19(15(2)28(14)17-8-6-16(26)7-9-17)21(30)13-36-22(31)10-11-27-24(32)18-4-3-5-20(29(34)35)23(18)25(27)33/h3-9,12H,10-11,13H2,1-2H3. The number of rotatable bonds is 8. The number of Topliss-reactive ketones (excluding diaryl/α,β-unsaturated/α-hetero) is 1. The summed E-state index contributed by atoms with van der Waals surface area (Å²) in [6.07, 6.45) is -0.388. The van der Waals surface area contributed by atoms with Crippen molar-refractivity contribution in [3.63, 3.8) is 0 Å². The number of aryl methyl sites for hydroxylation is 1. The minimum absolute atomic E-state index is 0.103. The zero-order valence-corrected chi connectivity index (χ0v) is 19.3. The molecule has 1 aromatic heterocycles. The molecule has 0 atom stereocenters. The van der Waals surface area contributed by atoms with E-state index in [1.807, 2.05) is 0 Å². The van der Waals surface area contributed by atoms with Crippen LogP contribution in [-0.2, 0) is 9.53 Å². The summed E-state index contributed by atoms with van der Waals surface area (Å²) in [4.78, 5) is 61.2. The maximum atomic E-state index is 13.3. The maximum absolute atomic E-state index is 13.3. The fourth-order valence-electron chi connectivity index (χ4n) is 4.20. The Kier molecular flexibility index (Phi) is 6.47. The molecule has 11 heteroatoms. The molecule has 184 valence electrons. The number of halogens is 1. The molecule has 0 radical (unpaired) electrons. The number of esters is 1. The topological polar surface area (TPSA) is 129 Å². The van der Waals surface area contributed by atoms with Crippen molar-refractivity contribution in [2.24, 2.45) is 0 Å². The minimum atomic E-state index is -0.862. The summed E-state index contributed by atoms with van der Waals surface area (Å²) in [6.45, 7) is 2.59. The summed E-state index contributed by atoms with van der Waals surface area (Å²) in [5, 5.41) is 11.2. The van der Waals surface area contributed by atoms with E-state index in [2.05, 4.69) is 0 Å². The van der Waals surface area contributed by atoms with Crippen LogP contribution in [0.25, 0.3) is 5.69 Å². The first-order valence-electron chi connectivity index (χ1n) is 10.9. The lowest BCUT2D eigenvalue weighted by molar-refractivity contribution is -0.385. The van der Waals surface area contributed by atoms with E-state index in [9.17, 15) is 33.7 Å². The zero-order valence-electron chi connectivity index (χ0n) is 19.3. The van der Waals surface area contributed by atoms with Crippen LogP contribution in [0.2, 0.25) is 0 Å². The number of nitrogens with zero attached hydrogens (tertiary/aromatic N) is 3. The van der Waals surface area contributed by atoms with Crippen LogP contribution < -0.4 is 0 Å². The monoisotopic (exact) mass is 493 g/mol. The van der Waals surface area contributed by atoms with Gasteiger partial charge in [-0.1, -0.05) is 6.07 Å². The third kappa shape index (κ3) is 4.38. The van der Waals surface area contributed by atoms with Gasteiger partial charge >= 0.3 is 5.97 Å². The van der Waals surface area contributed by atoms with Gasteiger partial charge in [0.2, 0.25) is 5.78 Å². The predicted octanol–water partition coefficient (Wildman–Crippen LogP) is 3.55. The number of amides is 2. The average molecular weight is 493 g/mol. The fourth-order valence-corrected chi connectivity index (χ4v) is 4.20. The molecule has 1 aliphatic heterocycles. The van der Waals surface area contributed by atoms with Crippen molar-refractivity contribution >= 4 is 29.3 Å². The number of ether oxygens (including phenoxy) is 1. The summed E-state index contributed by atoms with van der Waals surface area (Å²) in [6, 6.07) is 11.2. The predicted molar refractivity (Wildman–Crippen MR) is 124 cm³/mol. The largest absolute Gasteiger partial charge is 0.457 e. The van der Waals surface area contributed by atoms with Crippen LogP contribution >= 0.6 is 0 Å². The van der Waals surface area contributed by atoms with E-state index in [0.29, 0.717) is 16.9 Å². The second-order valence-electron chi connectivity index (χ2n) is 8.15. The lowest BCUT2D eigenvalue weighted by Crippen LogP contribution is -2.32. The first-order valence-corrected chi connectivity index (χ1v) is 10.9. The van der Waals surface area contributed by atoms with E-state index < -0.39 is 40.8 Å².